The van der Waals surface area contributed by atoms with Crippen LogP contribution in [0.2, 0.25) is 4.47 Å². The Balaban J connectivity index is 2.30. The van der Waals surface area contributed by atoms with E-state index in [1.165, 1.54) is 6.20 Å². The molecule has 1 N–H and O–H groups in total. The Hall–Kier alpha value is -1.11. The molecule has 1 aromatic carbocycles. The molecule has 0 aliphatic heterocycles. The van der Waals surface area contributed by atoms with Crippen LogP contribution in [0.15, 0.2) is 28.6 Å². The summed E-state index contributed by atoms with van der Waals surface area (Å²) < 4.78 is 26.8. The van der Waals surface area contributed by atoms with Crippen LogP contribution in [0.3, 0.4) is 0 Å². The highest BCUT2D eigenvalue weighted by molar-refractivity contribution is 7.94. The Morgan fingerprint density at radius 1 is 1.28 bits per heavy atom. The zero-order valence-corrected chi connectivity index (χ0v) is 12.2. The molecule has 1 aromatic heterocycles. The van der Waals surface area contributed by atoms with Crippen molar-refractivity contribution in [2.24, 2.45) is 0 Å². The molecule has 0 saturated carbocycles. The average Bonchev–Trinajstić information content (AvgIpc) is 2.71. The molecule has 2 rings (SSSR count). The highest BCUT2D eigenvalue weighted by Gasteiger charge is 2.17. The van der Waals surface area contributed by atoms with Gasteiger partial charge in [-0.15, -0.1) is 0 Å². The largest absolute Gasteiger partial charge is 0.279 e. The van der Waals surface area contributed by atoms with Crippen LogP contribution in [0.1, 0.15) is 11.1 Å². The summed E-state index contributed by atoms with van der Waals surface area (Å²) in [5, 5.41) is 0. The second-order valence-electron chi connectivity index (χ2n) is 3.84. The van der Waals surface area contributed by atoms with Gasteiger partial charge in [0.15, 0.2) is 8.68 Å². The van der Waals surface area contributed by atoms with Crippen LogP contribution in [0.4, 0.5) is 5.69 Å². The van der Waals surface area contributed by atoms with Crippen LogP contribution in [0.5, 0.6) is 0 Å². The van der Waals surface area contributed by atoms with Crippen molar-refractivity contribution in [2.45, 2.75) is 18.1 Å². The summed E-state index contributed by atoms with van der Waals surface area (Å²) in [5.41, 5.74) is 2.67. The molecule has 2 aromatic rings. The molecule has 0 spiro atoms. The molecule has 18 heavy (non-hydrogen) atoms. The molecule has 96 valence electrons. The lowest BCUT2D eigenvalue weighted by molar-refractivity contribution is 0.603. The van der Waals surface area contributed by atoms with Crippen molar-refractivity contribution in [3.05, 3.63) is 40.0 Å². The zero-order chi connectivity index (χ0) is 13.3. The lowest BCUT2D eigenvalue weighted by atomic mass is 10.1. The maximum Gasteiger partial charge on any atom is 0.273 e. The molecular formula is C11H11ClN2O2S2. The molecule has 0 bridgehead atoms. The number of halogens is 1. The first kappa shape index (κ1) is 13.3. The molecule has 0 amide bonds. The molecule has 1 heterocycles. The molecule has 0 radical (unpaired) electrons. The SMILES string of the molecule is Cc1ccc(NS(=O)(=O)c2cnc(Cl)s2)cc1C. The van der Waals surface area contributed by atoms with Crippen molar-refractivity contribution in [2.75, 3.05) is 4.72 Å². The van der Waals surface area contributed by atoms with Crippen molar-refractivity contribution in [3.8, 4) is 0 Å². The number of hydrogen-bond donors (Lipinski definition) is 1. The van der Waals surface area contributed by atoms with Gasteiger partial charge in [-0.25, -0.2) is 13.4 Å². The Morgan fingerprint density at radius 2 is 2.00 bits per heavy atom. The number of sulfonamides is 1. The number of nitrogens with one attached hydrogen (secondary N) is 1. The summed E-state index contributed by atoms with van der Waals surface area (Å²) in [5.74, 6) is 0. The van der Waals surface area contributed by atoms with E-state index in [-0.39, 0.29) is 8.68 Å². The van der Waals surface area contributed by atoms with Crippen LogP contribution < -0.4 is 4.72 Å². The van der Waals surface area contributed by atoms with E-state index in [1.54, 1.807) is 12.1 Å². The lowest BCUT2D eigenvalue weighted by Crippen LogP contribution is -2.11. The van der Waals surface area contributed by atoms with E-state index in [2.05, 4.69) is 9.71 Å². The fraction of sp³-hybridized carbons (Fsp3) is 0.182. The first-order valence-electron chi connectivity index (χ1n) is 5.10. The van der Waals surface area contributed by atoms with Gasteiger partial charge in [0.05, 0.1) is 6.20 Å². The van der Waals surface area contributed by atoms with Crippen molar-refractivity contribution < 1.29 is 8.42 Å². The third-order valence-electron chi connectivity index (χ3n) is 2.48. The van der Waals surface area contributed by atoms with Crippen LogP contribution in [-0.2, 0) is 10.0 Å². The number of anilines is 1. The van der Waals surface area contributed by atoms with E-state index in [0.717, 1.165) is 22.5 Å². The van der Waals surface area contributed by atoms with Crippen molar-refractivity contribution >= 4 is 38.6 Å². The predicted octanol–water partition coefficient (Wildman–Crippen LogP) is 3.21. The van der Waals surface area contributed by atoms with Crippen molar-refractivity contribution in [1.82, 2.24) is 4.98 Å². The summed E-state index contributed by atoms with van der Waals surface area (Å²) in [6.45, 7) is 3.90. The van der Waals surface area contributed by atoms with Gasteiger partial charge < -0.3 is 0 Å². The topological polar surface area (TPSA) is 59.1 Å². The predicted molar refractivity (Wildman–Crippen MR) is 73.8 cm³/mol. The minimum absolute atomic E-state index is 0.103. The number of nitrogens with zero attached hydrogens (tertiary/aromatic N) is 1. The van der Waals surface area contributed by atoms with Gasteiger partial charge in [0, 0.05) is 5.69 Å². The number of rotatable bonds is 3. The third-order valence-corrected chi connectivity index (χ3v) is 5.44. The summed E-state index contributed by atoms with van der Waals surface area (Å²) in [6, 6.07) is 5.38. The van der Waals surface area contributed by atoms with Crippen molar-refractivity contribution in [1.29, 1.82) is 0 Å². The van der Waals surface area contributed by atoms with E-state index in [4.69, 9.17) is 11.6 Å². The summed E-state index contributed by atoms with van der Waals surface area (Å²) in [6.07, 6.45) is 1.25. The fourth-order valence-electron chi connectivity index (χ4n) is 1.37. The van der Waals surface area contributed by atoms with Crippen LogP contribution in [0, 0.1) is 13.8 Å². The minimum atomic E-state index is -3.60. The average molecular weight is 303 g/mol. The molecular weight excluding hydrogens is 292 g/mol. The zero-order valence-electron chi connectivity index (χ0n) is 9.77. The molecule has 4 nitrogen and oxygen atoms in total. The van der Waals surface area contributed by atoms with E-state index >= 15 is 0 Å². The number of hydrogen-bond acceptors (Lipinski definition) is 4. The third kappa shape index (κ3) is 2.82. The maximum absolute atomic E-state index is 12.0. The Bertz CT molecular complexity index is 680. The monoisotopic (exact) mass is 302 g/mol. The van der Waals surface area contributed by atoms with E-state index in [9.17, 15) is 8.42 Å². The Kier molecular flexibility index (Phi) is 3.61. The Morgan fingerprint density at radius 3 is 2.56 bits per heavy atom. The maximum atomic E-state index is 12.0. The normalized spacial score (nSPS) is 11.5. The highest BCUT2D eigenvalue weighted by atomic mass is 35.5. The standard InChI is InChI=1S/C11H11ClN2O2S2/c1-7-3-4-9(5-8(7)2)14-18(15,16)10-6-13-11(12)17-10/h3-6,14H,1-2H3. The molecule has 7 heteroatoms. The van der Waals surface area contributed by atoms with Gasteiger partial charge in [0.1, 0.15) is 0 Å². The number of benzene rings is 1. The van der Waals surface area contributed by atoms with Crippen LogP contribution >= 0.6 is 22.9 Å². The Labute approximate surface area is 115 Å². The van der Waals surface area contributed by atoms with Gasteiger partial charge in [-0.3, -0.25) is 4.72 Å². The smallest absolute Gasteiger partial charge is 0.273 e. The molecule has 0 saturated heterocycles. The van der Waals surface area contributed by atoms with Gasteiger partial charge in [-0.05, 0) is 37.1 Å². The number of aromatic nitrogens is 1. The first-order chi connectivity index (χ1) is 8.38. The first-order valence-corrected chi connectivity index (χ1v) is 7.77. The molecule has 0 fully saturated rings. The van der Waals surface area contributed by atoms with Gasteiger partial charge in [0.2, 0.25) is 0 Å². The minimum Gasteiger partial charge on any atom is -0.279 e. The van der Waals surface area contributed by atoms with E-state index < -0.39 is 10.0 Å². The van der Waals surface area contributed by atoms with Crippen molar-refractivity contribution in [3.63, 3.8) is 0 Å². The van der Waals surface area contributed by atoms with Crippen LogP contribution in [0.25, 0.3) is 0 Å². The van der Waals surface area contributed by atoms with Gasteiger partial charge in [0.25, 0.3) is 10.0 Å². The van der Waals surface area contributed by atoms with Gasteiger partial charge in [-0.2, -0.15) is 0 Å². The molecule has 0 aliphatic carbocycles. The number of aryl methyl sites for hydroxylation is 2. The lowest BCUT2D eigenvalue weighted by Gasteiger charge is -2.07. The molecule has 0 aliphatic rings. The quantitative estimate of drug-likeness (QED) is 0.947. The molecule has 0 atom stereocenters. The summed E-state index contributed by atoms with van der Waals surface area (Å²) >= 11 is 6.56. The van der Waals surface area contributed by atoms with E-state index in [0.29, 0.717) is 5.69 Å². The highest BCUT2D eigenvalue weighted by Crippen LogP contribution is 2.25. The number of thiazole rings is 1. The fourth-order valence-corrected chi connectivity index (χ4v) is 3.72. The van der Waals surface area contributed by atoms with Crippen LogP contribution in [-0.4, -0.2) is 13.4 Å². The summed E-state index contributed by atoms with van der Waals surface area (Å²) in [4.78, 5) is 3.72. The second kappa shape index (κ2) is 4.87. The van der Waals surface area contributed by atoms with E-state index in [1.807, 2.05) is 19.9 Å². The van der Waals surface area contributed by atoms with Gasteiger partial charge >= 0.3 is 0 Å². The second-order valence-corrected chi connectivity index (χ2v) is 7.36. The summed E-state index contributed by atoms with van der Waals surface area (Å²) in [7, 11) is -3.60. The van der Waals surface area contributed by atoms with Gasteiger partial charge in [-0.1, -0.05) is 29.0 Å². The molecule has 0 unspecified atom stereocenters.